The first-order valence-electron chi connectivity index (χ1n) is 5.49. The minimum Gasteiger partial charge on any atom is -0.328 e. The van der Waals surface area contributed by atoms with Gasteiger partial charge < -0.3 is 5.73 Å². The van der Waals surface area contributed by atoms with E-state index in [4.69, 9.17) is 5.73 Å². The largest absolute Gasteiger partial charge is 0.328 e. The van der Waals surface area contributed by atoms with Crippen LogP contribution in [0.3, 0.4) is 0 Å². The number of imide groups is 1. The molecule has 2 amide bonds. The molecule has 4 heteroatoms. The average Bonchev–Trinajstić information content (AvgIpc) is 2.83. The molecule has 0 bridgehead atoms. The Morgan fingerprint density at radius 1 is 1.27 bits per heavy atom. The lowest BCUT2D eigenvalue weighted by molar-refractivity contribution is -0.140. The molecule has 1 heterocycles. The minimum atomic E-state index is -0.206. The molecule has 1 fully saturated rings. The Balaban J connectivity index is 2.12. The quantitative estimate of drug-likeness (QED) is 0.684. The molecule has 4 nitrogen and oxygen atoms in total. The maximum absolute atomic E-state index is 11.5. The zero-order chi connectivity index (χ0) is 10.8. The highest BCUT2D eigenvalue weighted by molar-refractivity contribution is 6.13. The van der Waals surface area contributed by atoms with Gasteiger partial charge >= 0.3 is 0 Å². The van der Waals surface area contributed by atoms with Crippen LogP contribution in [0.15, 0.2) is 12.2 Å². The first-order chi connectivity index (χ1) is 7.24. The highest BCUT2D eigenvalue weighted by Crippen LogP contribution is 2.31. The van der Waals surface area contributed by atoms with Crippen LogP contribution in [0.4, 0.5) is 0 Å². The van der Waals surface area contributed by atoms with Gasteiger partial charge in [-0.05, 0) is 18.8 Å². The van der Waals surface area contributed by atoms with Crippen LogP contribution in [-0.4, -0.2) is 29.3 Å². The number of nitrogens with zero attached hydrogens (tertiary/aromatic N) is 1. The van der Waals surface area contributed by atoms with E-state index in [-0.39, 0.29) is 17.9 Å². The minimum absolute atomic E-state index is 0.0949. The standard InChI is InChI=1S/C11H16N2O2/c12-7-9(8-3-1-2-4-8)13-10(14)5-6-11(13)15/h5-6,8-9H,1-4,7,12H2. The number of carbonyl (C=O) groups excluding carboxylic acids is 2. The second-order valence-electron chi connectivity index (χ2n) is 4.23. The van der Waals surface area contributed by atoms with Gasteiger partial charge in [0.25, 0.3) is 11.8 Å². The molecule has 0 aromatic heterocycles. The zero-order valence-electron chi connectivity index (χ0n) is 8.69. The van der Waals surface area contributed by atoms with Crippen LogP contribution in [0.1, 0.15) is 25.7 Å². The van der Waals surface area contributed by atoms with Crippen molar-refractivity contribution in [2.45, 2.75) is 31.7 Å². The Morgan fingerprint density at radius 3 is 2.27 bits per heavy atom. The van der Waals surface area contributed by atoms with E-state index in [1.807, 2.05) is 0 Å². The summed E-state index contributed by atoms with van der Waals surface area (Å²) in [5.74, 6) is -0.00694. The van der Waals surface area contributed by atoms with Gasteiger partial charge in [-0.3, -0.25) is 14.5 Å². The van der Waals surface area contributed by atoms with E-state index in [0.717, 1.165) is 12.8 Å². The molecule has 15 heavy (non-hydrogen) atoms. The zero-order valence-corrected chi connectivity index (χ0v) is 8.69. The van der Waals surface area contributed by atoms with Gasteiger partial charge in [0.1, 0.15) is 0 Å². The highest BCUT2D eigenvalue weighted by atomic mass is 16.2. The van der Waals surface area contributed by atoms with Gasteiger partial charge in [0, 0.05) is 18.7 Å². The van der Waals surface area contributed by atoms with Crippen LogP contribution in [0.2, 0.25) is 0 Å². The van der Waals surface area contributed by atoms with Crippen molar-refractivity contribution in [2.24, 2.45) is 11.7 Å². The second-order valence-corrected chi connectivity index (χ2v) is 4.23. The lowest BCUT2D eigenvalue weighted by atomic mass is 9.97. The highest BCUT2D eigenvalue weighted by Gasteiger charge is 2.36. The van der Waals surface area contributed by atoms with Crippen LogP contribution in [0, 0.1) is 5.92 Å². The molecule has 1 aliphatic carbocycles. The van der Waals surface area contributed by atoms with Gasteiger partial charge in [0.15, 0.2) is 0 Å². The van der Waals surface area contributed by atoms with Gasteiger partial charge in [0.05, 0.1) is 6.04 Å². The molecule has 0 aromatic rings. The fraction of sp³-hybridized carbons (Fsp3) is 0.636. The van der Waals surface area contributed by atoms with Gasteiger partial charge in [-0.1, -0.05) is 12.8 Å². The van der Waals surface area contributed by atoms with Gasteiger partial charge in [0.2, 0.25) is 0 Å². The van der Waals surface area contributed by atoms with Crippen molar-refractivity contribution in [3.05, 3.63) is 12.2 Å². The maximum atomic E-state index is 11.5. The summed E-state index contributed by atoms with van der Waals surface area (Å²) in [6.07, 6.45) is 7.20. The van der Waals surface area contributed by atoms with Crippen molar-refractivity contribution in [2.75, 3.05) is 6.54 Å². The molecule has 82 valence electrons. The third kappa shape index (κ3) is 1.81. The summed E-state index contributed by atoms with van der Waals surface area (Å²) in [4.78, 5) is 24.3. The lowest BCUT2D eigenvalue weighted by Crippen LogP contribution is -2.48. The first-order valence-corrected chi connectivity index (χ1v) is 5.49. The van der Waals surface area contributed by atoms with E-state index >= 15 is 0 Å². The van der Waals surface area contributed by atoms with Crippen molar-refractivity contribution >= 4 is 11.8 Å². The Bertz CT molecular complexity index is 288. The van der Waals surface area contributed by atoms with Gasteiger partial charge in [-0.15, -0.1) is 0 Å². The summed E-state index contributed by atoms with van der Waals surface area (Å²) in [7, 11) is 0. The van der Waals surface area contributed by atoms with Crippen molar-refractivity contribution in [3.63, 3.8) is 0 Å². The van der Waals surface area contributed by atoms with Crippen LogP contribution < -0.4 is 5.73 Å². The molecule has 1 saturated carbocycles. The van der Waals surface area contributed by atoms with Crippen LogP contribution in [-0.2, 0) is 9.59 Å². The molecule has 2 rings (SSSR count). The summed E-state index contributed by atoms with van der Waals surface area (Å²) in [5, 5.41) is 0. The Kier molecular flexibility index (Phi) is 2.86. The molecule has 0 aromatic carbocycles. The van der Waals surface area contributed by atoms with Crippen molar-refractivity contribution in [3.8, 4) is 0 Å². The normalized spacial score (nSPS) is 24.2. The summed E-state index contributed by atoms with van der Waals surface area (Å²) in [6.45, 7) is 0.379. The Hall–Kier alpha value is -1.16. The van der Waals surface area contributed by atoms with E-state index in [9.17, 15) is 9.59 Å². The van der Waals surface area contributed by atoms with Crippen LogP contribution in [0.25, 0.3) is 0 Å². The summed E-state index contributed by atoms with van der Waals surface area (Å²) in [6, 6.07) is -0.0949. The van der Waals surface area contributed by atoms with E-state index < -0.39 is 0 Å². The van der Waals surface area contributed by atoms with E-state index in [1.165, 1.54) is 29.9 Å². The van der Waals surface area contributed by atoms with Crippen molar-refractivity contribution in [1.82, 2.24) is 4.90 Å². The number of nitrogens with two attached hydrogens (primary N) is 1. The summed E-state index contributed by atoms with van der Waals surface area (Å²) in [5.41, 5.74) is 5.68. The van der Waals surface area contributed by atoms with Gasteiger partial charge in [-0.2, -0.15) is 0 Å². The van der Waals surface area contributed by atoms with Crippen LogP contribution in [0.5, 0.6) is 0 Å². The van der Waals surface area contributed by atoms with Crippen molar-refractivity contribution in [1.29, 1.82) is 0 Å². The fourth-order valence-electron chi connectivity index (χ4n) is 2.59. The topological polar surface area (TPSA) is 63.4 Å². The number of amides is 2. The molecule has 1 atom stereocenters. The van der Waals surface area contributed by atoms with E-state index in [2.05, 4.69) is 0 Å². The molecule has 1 unspecified atom stereocenters. The van der Waals surface area contributed by atoms with Crippen LogP contribution >= 0.6 is 0 Å². The summed E-state index contributed by atoms with van der Waals surface area (Å²) >= 11 is 0. The van der Waals surface area contributed by atoms with E-state index in [1.54, 1.807) is 0 Å². The van der Waals surface area contributed by atoms with Crippen molar-refractivity contribution < 1.29 is 9.59 Å². The molecule has 1 aliphatic heterocycles. The third-order valence-electron chi connectivity index (χ3n) is 3.36. The number of rotatable bonds is 3. The SMILES string of the molecule is NCC(C1CCCC1)N1C(=O)C=CC1=O. The molecule has 2 N–H and O–H groups in total. The summed E-state index contributed by atoms with van der Waals surface area (Å²) < 4.78 is 0. The van der Waals surface area contributed by atoms with Gasteiger partial charge in [-0.25, -0.2) is 0 Å². The molecule has 0 radical (unpaired) electrons. The monoisotopic (exact) mass is 208 g/mol. The molecular formula is C11H16N2O2. The predicted octanol–water partition coefficient (Wildman–Crippen LogP) is 0.429. The lowest BCUT2D eigenvalue weighted by Gasteiger charge is -2.29. The molecular weight excluding hydrogens is 192 g/mol. The number of hydrogen-bond acceptors (Lipinski definition) is 3. The Labute approximate surface area is 89.1 Å². The average molecular weight is 208 g/mol. The molecule has 0 saturated heterocycles. The number of hydrogen-bond donors (Lipinski definition) is 1. The first kappa shape index (κ1) is 10.4. The maximum Gasteiger partial charge on any atom is 0.253 e. The Morgan fingerprint density at radius 2 is 1.80 bits per heavy atom. The molecule has 2 aliphatic rings. The third-order valence-corrected chi connectivity index (χ3v) is 3.36. The number of carbonyl (C=O) groups is 2. The van der Waals surface area contributed by atoms with E-state index in [0.29, 0.717) is 12.5 Å². The molecule has 0 spiro atoms. The smallest absolute Gasteiger partial charge is 0.253 e. The second kappa shape index (κ2) is 4.14. The predicted molar refractivity (Wildman–Crippen MR) is 55.8 cm³/mol. The fourth-order valence-corrected chi connectivity index (χ4v) is 2.59.